The van der Waals surface area contributed by atoms with Crippen molar-refractivity contribution in [3.05, 3.63) is 120 Å². The van der Waals surface area contributed by atoms with Crippen molar-refractivity contribution in [2.75, 3.05) is 6.61 Å². The van der Waals surface area contributed by atoms with Crippen LogP contribution in [0.4, 0.5) is 17.1 Å². The van der Waals surface area contributed by atoms with Crippen LogP contribution in [0.2, 0.25) is 0 Å². The van der Waals surface area contributed by atoms with Crippen molar-refractivity contribution in [1.29, 1.82) is 0 Å². The molecule has 0 amide bonds. The van der Waals surface area contributed by atoms with Crippen molar-refractivity contribution in [3.8, 4) is 0 Å². The molecule has 0 radical (unpaired) electrons. The van der Waals surface area contributed by atoms with Gasteiger partial charge >= 0.3 is 5.97 Å². The summed E-state index contributed by atoms with van der Waals surface area (Å²) in [6, 6.07) is 21.6. The van der Waals surface area contributed by atoms with Gasteiger partial charge in [0.2, 0.25) is 0 Å². The lowest BCUT2D eigenvalue weighted by Gasteiger charge is -2.02. The van der Waals surface area contributed by atoms with Crippen LogP contribution in [0.25, 0.3) is 12.2 Å². The van der Waals surface area contributed by atoms with E-state index < -0.39 is 49.8 Å². The number of nitrogens with zero attached hydrogens (tertiary/aromatic N) is 3. The lowest BCUT2D eigenvalue weighted by atomic mass is 10.1. The summed E-state index contributed by atoms with van der Waals surface area (Å²) < 4.78 is 0. The van der Waals surface area contributed by atoms with Crippen LogP contribution in [0.3, 0.4) is 0 Å². The summed E-state index contributed by atoms with van der Waals surface area (Å²) in [5.41, 5.74) is -1.01. The van der Waals surface area contributed by atoms with Gasteiger partial charge in [-0.25, -0.2) is 0 Å². The SMILES string of the molecule is C(=Cc1ccccc1)c1ccccc1.CCO.O=C(O)Cc1c([N+](=O)[O-])cc([N+](=O)[O-])cc1[N+](=O)[O-]. The van der Waals surface area contributed by atoms with Crippen molar-refractivity contribution < 1.29 is 29.8 Å². The van der Waals surface area contributed by atoms with Crippen LogP contribution in [-0.2, 0) is 11.2 Å². The minimum absolute atomic E-state index is 0.250. The highest BCUT2D eigenvalue weighted by Crippen LogP contribution is 2.33. The summed E-state index contributed by atoms with van der Waals surface area (Å²) in [6.07, 6.45) is 3.26. The Morgan fingerprint density at radius 1 is 0.778 bits per heavy atom. The van der Waals surface area contributed by atoms with E-state index in [1.165, 1.54) is 11.1 Å². The van der Waals surface area contributed by atoms with E-state index in [4.69, 9.17) is 10.2 Å². The van der Waals surface area contributed by atoms with Crippen LogP contribution in [0.1, 0.15) is 23.6 Å². The molecule has 0 spiro atoms. The number of carboxylic acids is 1. The van der Waals surface area contributed by atoms with Gasteiger partial charge in [0.05, 0.1) is 33.3 Å². The maximum absolute atomic E-state index is 10.7. The first-order valence-corrected chi connectivity index (χ1v) is 10.3. The summed E-state index contributed by atoms with van der Waals surface area (Å²) in [4.78, 5) is 39.3. The quantitative estimate of drug-likeness (QED) is 0.260. The third kappa shape index (κ3) is 9.89. The molecule has 0 heterocycles. The molecule has 0 saturated heterocycles. The van der Waals surface area contributed by atoms with E-state index in [1.807, 2.05) is 36.4 Å². The van der Waals surface area contributed by atoms with Gasteiger partial charge in [-0.1, -0.05) is 72.8 Å². The fourth-order valence-corrected chi connectivity index (χ4v) is 2.71. The second kappa shape index (κ2) is 15.0. The third-order valence-electron chi connectivity index (χ3n) is 4.19. The minimum atomic E-state index is -1.53. The number of carbonyl (C=O) groups is 1. The topological polar surface area (TPSA) is 187 Å². The molecule has 0 saturated carbocycles. The molecule has 0 aliphatic carbocycles. The molecule has 0 aliphatic rings. The van der Waals surface area contributed by atoms with E-state index in [9.17, 15) is 35.1 Å². The molecule has 0 unspecified atom stereocenters. The molecule has 188 valence electrons. The Hall–Kier alpha value is -4.97. The number of aliphatic hydroxyl groups excluding tert-OH is 1. The normalized spacial score (nSPS) is 9.83. The van der Waals surface area contributed by atoms with Crippen molar-refractivity contribution in [3.63, 3.8) is 0 Å². The molecule has 0 aromatic heterocycles. The molecular formula is C24H23N3O9. The van der Waals surface area contributed by atoms with Crippen molar-refractivity contribution >= 4 is 35.2 Å². The zero-order chi connectivity index (χ0) is 27.1. The average molecular weight is 497 g/mol. The van der Waals surface area contributed by atoms with E-state index in [1.54, 1.807) is 6.92 Å². The minimum Gasteiger partial charge on any atom is -0.481 e. The van der Waals surface area contributed by atoms with Crippen LogP contribution >= 0.6 is 0 Å². The van der Waals surface area contributed by atoms with Gasteiger partial charge in [0.25, 0.3) is 17.1 Å². The fraction of sp³-hybridized carbons (Fsp3) is 0.125. The summed E-state index contributed by atoms with van der Waals surface area (Å²) in [5.74, 6) is -1.53. The molecule has 3 aromatic carbocycles. The van der Waals surface area contributed by atoms with Crippen molar-refractivity contribution in [2.24, 2.45) is 0 Å². The number of rotatable bonds is 7. The first-order valence-electron chi connectivity index (χ1n) is 10.3. The second-order valence-corrected chi connectivity index (χ2v) is 6.78. The summed E-state index contributed by atoms with van der Waals surface area (Å²) >= 11 is 0. The smallest absolute Gasteiger partial charge is 0.308 e. The van der Waals surface area contributed by atoms with Crippen molar-refractivity contribution in [2.45, 2.75) is 13.3 Å². The van der Waals surface area contributed by atoms with E-state index in [0.29, 0.717) is 12.1 Å². The Bertz CT molecular complexity index is 1140. The average Bonchev–Trinajstić information content (AvgIpc) is 2.84. The van der Waals surface area contributed by atoms with Gasteiger partial charge < -0.3 is 10.2 Å². The first-order chi connectivity index (χ1) is 17.1. The molecule has 0 atom stereocenters. The zero-order valence-corrected chi connectivity index (χ0v) is 19.1. The molecule has 0 aliphatic heterocycles. The highest BCUT2D eigenvalue weighted by molar-refractivity contribution is 5.76. The van der Waals surface area contributed by atoms with Gasteiger partial charge in [-0.15, -0.1) is 0 Å². The number of hydrogen-bond acceptors (Lipinski definition) is 8. The number of aliphatic hydroxyl groups is 1. The summed E-state index contributed by atoms with van der Waals surface area (Å²) in [6.45, 7) is 1.93. The maximum atomic E-state index is 10.7. The van der Waals surface area contributed by atoms with Gasteiger partial charge in [0.1, 0.15) is 5.56 Å². The molecule has 36 heavy (non-hydrogen) atoms. The Kier molecular flexibility index (Phi) is 12.1. The van der Waals surface area contributed by atoms with Crippen LogP contribution in [0.5, 0.6) is 0 Å². The summed E-state index contributed by atoms with van der Waals surface area (Å²) in [5, 5.41) is 48.1. The molecule has 2 N–H and O–H groups in total. The van der Waals surface area contributed by atoms with Gasteiger partial charge in [-0.2, -0.15) is 0 Å². The molecule has 3 rings (SSSR count). The van der Waals surface area contributed by atoms with Crippen LogP contribution in [0.15, 0.2) is 72.8 Å². The fourth-order valence-electron chi connectivity index (χ4n) is 2.71. The van der Waals surface area contributed by atoms with Gasteiger partial charge in [-0.3, -0.25) is 35.1 Å². The number of aliphatic carboxylic acids is 1. The number of nitro benzene ring substituents is 3. The Morgan fingerprint density at radius 3 is 1.42 bits per heavy atom. The molecule has 0 bridgehead atoms. The molecule has 12 nitrogen and oxygen atoms in total. The van der Waals surface area contributed by atoms with Gasteiger partial charge in [-0.05, 0) is 18.1 Å². The van der Waals surface area contributed by atoms with E-state index in [0.717, 1.165) is 0 Å². The first kappa shape index (κ1) is 29.1. The van der Waals surface area contributed by atoms with E-state index in [2.05, 4.69) is 36.4 Å². The number of benzene rings is 3. The second-order valence-electron chi connectivity index (χ2n) is 6.78. The lowest BCUT2D eigenvalue weighted by Crippen LogP contribution is -2.08. The monoisotopic (exact) mass is 497 g/mol. The Balaban J connectivity index is 0.000000335. The van der Waals surface area contributed by atoms with Gasteiger partial charge in [0.15, 0.2) is 0 Å². The van der Waals surface area contributed by atoms with Crippen molar-refractivity contribution in [1.82, 2.24) is 0 Å². The molecule has 3 aromatic rings. The molecular weight excluding hydrogens is 474 g/mol. The highest BCUT2D eigenvalue weighted by Gasteiger charge is 2.31. The van der Waals surface area contributed by atoms with Crippen LogP contribution in [0, 0.1) is 30.3 Å². The van der Waals surface area contributed by atoms with E-state index >= 15 is 0 Å². The maximum Gasteiger partial charge on any atom is 0.308 e. The number of nitro groups is 3. The number of non-ortho nitro benzene ring substituents is 1. The van der Waals surface area contributed by atoms with Crippen LogP contribution < -0.4 is 0 Å². The van der Waals surface area contributed by atoms with Crippen LogP contribution in [-0.4, -0.2) is 37.6 Å². The predicted molar refractivity (Wildman–Crippen MR) is 132 cm³/mol. The third-order valence-corrected chi connectivity index (χ3v) is 4.19. The predicted octanol–water partition coefficient (Wildman–Crippen LogP) is 4.89. The molecule has 12 heteroatoms. The Labute approximate surface area is 205 Å². The largest absolute Gasteiger partial charge is 0.481 e. The zero-order valence-electron chi connectivity index (χ0n) is 19.1. The summed E-state index contributed by atoms with van der Waals surface area (Å²) in [7, 11) is 0. The standard InChI is InChI=1S/C14H12.C8H5N3O8.C2H6O/c1-3-7-13(8-4-1)11-12-14-9-5-2-6-10-14;12-8(13)3-5-6(10(16)17)1-4(9(14)15)2-7(5)11(18)19;1-2-3/h1-12H;1-2H,3H2,(H,12,13);3H,2H2,1H3. The number of carboxylic acid groups (broad SMARTS) is 1. The lowest BCUT2D eigenvalue weighted by molar-refractivity contribution is -0.404. The van der Waals surface area contributed by atoms with E-state index in [-0.39, 0.29) is 6.61 Å². The van der Waals surface area contributed by atoms with Gasteiger partial charge in [0, 0.05) is 6.61 Å². The Morgan fingerprint density at radius 2 is 1.14 bits per heavy atom. The highest BCUT2D eigenvalue weighted by atomic mass is 16.6. The number of hydrogen-bond donors (Lipinski definition) is 2. The molecule has 0 fully saturated rings.